The van der Waals surface area contributed by atoms with Gasteiger partial charge in [-0.2, -0.15) is 4.31 Å². The van der Waals surface area contributed by atoms with Gasteiger partial charge >= 0.3 is 0 Å². The van der Waals surface area contributed by atoms with Crippen LogP contribution in [0.2, 0.25) is 5.02 Å². The van der Waals surface area contributed by atoms with E-state index in [1.165, 1.54) is 10.4 Å². The summed E-state index contributed by atoms with van der Waals surface area (Å²) in [6, 6.07) is 2.23. The summed E-state index contributed by atoms with van der Waals surface area (Å²) >= 11 is 11.3. The van der Waals surface area contributed by atoms with Crippen molar-refractivity contribution in [3.05, 3.63) is 28.5 Å². The van der Waals surface area contributed by atoms with Crippen LogP contribution in [0.15, 0.2) is 17.0 Å². The van der Waals surface area contributed by atoms with E-state index < -0.39 is 15.8 Å². The Kier molecular flexibility index (Phi) is 5.40. The molecular formula is C11H14Cl2FNO2S. The van der Waals surface area contributed by atoms with Gasteiger partial charge in [-0.1, -0.05) is 25.4 Å². The molecule has 0 saturated heterocycles. The van der Waals surface area contributed by atoms with Crippen LogP contribution in [0.3, 0.4) is 0 Å². The lowest BCUT2D eigenvalue weighted by Crippen LogP contribution is -2.30. The Balaban J connectivity index is 3.38. The normalized spacial score (nSPS) is 12.1. The van der Waals surface area contributed by atoms with Crippen LogP contribution in [0.1, 0.15) is 19.4 Å². The SMILES string of the molecule is CCN(CC)S(=O)(=O)c1cc(F)c(Cl)c(CCl)c1. The van der Waals surface area contributed by atoms with Crippen molar-refractivity contribution in [1.82, 2.24) is 4.31 Å². The lowest BCUT2D eigenvalue weighted by Gasteiger charge is -2.19. The second-order valence-electron chi connectivity index (χ2n) is 3.60. The molecular weight excluding hydrogens is 300 g/mol. The number of hydrogen-bond donors (Lipinski definition) is 0. The summed E-state index contributed by atoms with van der Waals surface area (Å²) in [5.74, 6) is -0.822. The number of nitrogens with zero attached hydrogens (tertiary/aromatic N) is 1. The van der Waals surface area contributed by atoms with Gasteiger partial charge in [0.1, 0.15) is 5.82 Å². The molecule has 102 valence electrons. The molecule has 0 unspecified atom stereocenters. The summed E-state index contributed by atoms with van der Waals surface area (Å²) in [5, 5.41) is -0.136. The minimum Gasteiger partial charge on any atom is -0.207 e. The van der Waals surface area contributed by atoms with Crippen LogP contribution >= 0.6 is 23.2 Å². The summed E-state index contributed by atoms with van der Waals surface area (Å²) in [7, 11) is -3.70. The summed E-state index contributed by atoms with van der Waals surface area (Å²) in [6.07, 6.45) is 0. The number of sulfonamides is 1. The zero-order valence-corrected chi connectivity index (χ0v) is 12.4. The summed E-state index contributed by atoms with van der Waals surface area (Å²) in [4.78, 5) is -0.122. The fourth-order valence-corrected chi connectivity index (χ4v) is 3.55. The van der Waals surface area contributed by atoms with Gasteiger partial charge in [-0.25, -0.2) is 12.8 Å². The van der Waals surface area contributed by atoms with E-state index in [-0.39, 0.29) is 21.4 Å². The van der Waals surface area contributed by atoms with Crippen molar-refractivity contribution in [2.45, 2.75) is 24.6 Å². The molecule has 0 N–H and O–H groups in total. The van der Waals surface area contributed by atoms with Crippen molar-refractivity contribution in [2.24, 2.45) is 0 Å². The third-order valence-electron chi connectivity index (χ3n) is 2.56. The Bertz CT molecular complexity index is 530. The highest BCUT2D eigenvalue weighted by Gasteiger charge is 2.24. The molecule has 0 bridgehead atoms. The third kappa shape index (κ3) is 2.96. The third-order valence-corrected chi connectivity index (χ3v) is 5.30. The Hall–Kier alpha value is -0.360. The van der Waals surface area contributed by atoms with Gasteiger partial charge < -0.3 is 0 Å². The molecule has 0 atom stereocenters. The van der Waals surface area contributed by atoms with Crippen LogP contribution in [0.25, 0.3) is 0 Å². The van der Waals surface area contributed by atoms with Crippen molar-refractivity contribution in [2.75, 3.05) is 13.1 Å². The van der Waals surface area contributed by atoms with E-state index in [4.69, 9.17) is 23.2 Å². The number of halogens is 3. The van der Waals surface area contributed by atoms with Crippen LogP contribution in [0.5, 0.6) is 0 Å². The minimum absolute atomic E-state index is 0.0443. The number of hydrogen-bond acceptors (Lipinski definition) is 2. The molecule has 0 aromatic heterocycles. The van der Waals surface area contributed by atoms with Gasteiger partial charge in [-0.15, -0.1) is 11.6 Å². The molecule has 18 heavy (non-hydrogen) atoms. The van der Waals surface area contributed by atoms with Gasteiger partial charge in [0.15, 0.2) is 0 Å². The van der Waals surface area contributed by atoms with E-state index in [2.05, 4.69) is 0 Å². The van der Waals surface area contributed by atoms with Gasteiger partial charge in [-0.3, -0.25) is 0 Å². The molecule has 0 aliphatic rings. The van der Waals surface area contributed by atoms with Crippen molar-refractivity contribution in [3.8, 4) is 0 Å². The lowest BCUT2D eigenvalue weighted by molar-refractivity contribution is 0.444. The standard InChI is InChI=1S/C11H14Cl2FNO2S/c1-3-15(4-2)18(16,17)9-5-8(7-12)11(13)10(14)6-9/h5-6H,3-4,7H2,1-2H3. The molecule has 0 saturated carbocycles. The van der Waals surface area contributed by atoms with E-state index in [1.54, 1.807) is 13.8 Å². The first-order valence-corrected chi connectivity index (χ1v) is 7.77. The molecule has 0 aliphatic heterocycles. The van der Waals surface area contributed by atoms with Gasteiger partial charge in [-0.05, 0) is 17.7 Å². The lowest BCUT2D eigenvalue weighted by atomic mass is 10.2. The molecule has 7 heteroatoms. The van der Waals surface area contributed by atoms with E-state index >= 15 is 0 Å². The smallest absolute Gasteiger partial charge is 0.207 e. The van der Waals surface area contributed by atoms with Crippen molar-refractivity contribution in [1.29, 1.82) is 0 Å². The van der Waals surface area contributed by atoms with E-state index in [9.17, 15) is 12.8 Å². The Morgan fingerprint density at radius 3 is 2.28 bits per heavy atom. The van der Waals surface area contributed by atoms with E-state index in [0.717, 1.165) is 6.07 Å². The maximum absolute atomic E-state index is 13.6. The molecule has 0 aliphatic carbocycles. The van der Waals surface area contributed by atoms with Crippen LogP contribution in [-0.4, -0.2) is 25.8 Å². The quantitative estimate of drug-likeness (QED) is 0.782. The van der Waals surface area contributed by atoms with E-state index in [0.29, 0.717) is 13.1 Å². The molecule has 3 nitrogen and oxygen atoms in total. The molecule has 1 aromatic rings. The largest absolute Gasteiger partial charge is 0.243 e. The van der Waals surface area contributed by atoms with Gasteiger partial charge in [0.25, 0.3) is 0 Å². The molecule has 0 radical (unpaired) electrons. The first kappa shape index (κ1) is 15.7. The second-order valence-corrected chi connectivity index (χ2v) is 6.18. The zero-order valence-electron chi connectivity index (χ0n) is 10.1. The molecule has 1 aromatic carbocycles. The minimum atomic E-state index is -3.70. The monoisotopic (exact) mass is 313 g/mol. The Labute approximate surface area is 117 Å². The maximum atomic E-state index is 13.6. The van der Waals surface area contributed by atoms with Crippen molar-refractivity contribution in [3.63, 3.8) is 0 Å². The molecule has 0 amide bonds. The average Bonchev–Trinajstić information content (AvgIpc) is 2.33. The van der Waals surface area contributed by atoms with Gasteiger partial charge in [0.2, 0.25) is 10.0 Å². The maximum Gasteiger partial charge on any atom is 0.243 e. The Morgan fingerprint density at radius 2 is 1.83 bits per heavy atom. The molecule has 0 heterocycles. The van der Waals surface area contributed by atoms with Crippen LogP contribution < -0.4 is 0 Å². The van der Waals surface area contributed by atoms with E-state index in [1.807, 2.05) is 0 Å². The number of rotatable bonds is 5. The fourth-order valence-electron chi connectivity index (χ4n) is 1.58. The number of benzene rings is 1. The Morgan fingerprint density at radius 1 is 1.28 bits per heavy atom. The summed E-state index contributed by atoms with van der Waals surface area (Å²) < 4.78 is 39.2. The van der Waals surface area contributed by atoms with Gasteiger partial charge in [0.05, 0.1) is 9.92 Å². The number of alkyl halides is 1. The van der Waals surface area contributed by atoms with Crippen LogP contribution in [0.4, 0.5) is 4.39 Å². The van der Waals surface area contributed by atoms with Crippen LogP contribution in [-0.2, 0) is 15.9 Å². The zero-order chi connectivity index (χ0) is 13.9. The highest BCUT2D eigenvalue weighted by atomic mass is 35.5. The second kappa shape index (κ2) is 6.19. The predicted octanol–water partition coefficient (Wildman–Crippen LogP) is 3.25. The van der Waals surface area contributed by atoms with Crippen molar-refractivity contribution >= 4 is 33.2 Å². The highest BCUT2D eigenvalue weighted by Crippen LogP contribution is 2.27. The average molecular weight is 314 g/mol. The highest BCUT2D eigenvalue weighted by molar-refractivity contribution is 7.89. The van der Waals surface area contributed by atoms with Crippen molar-refractivity contribution < 1.29 is 12.8 Å². The first-order chi connectivity index (χ1) is 8.38. The fraction of sp³-hybridized carbons (Fsp3) is 0.455. The molecule has 1 rings (SSSR count). The van der Waals surface area contributed by atoms with Gasteiger partial charge in [0, 0.05) is 19.0 Å². The topological polar surface area (TPSA) is 37.4 Å². The van der Waals surface area contributed by atoms with Crippen LogP contribution in [0, 0.1) is 5.82 Å². The summed E-state index contributed by atoms with van der Waals surface area (Å²) in [5.41, 5.74) is 0.268. The summed E-state index contributed by atoms with van der Waals surface area (Å²) in [6.45, 7) is 4.07. The molecule has 0 spiro atoms. The molecule has 0 fully saturated rings. The first-order valence-electron chi connectivity index (χ1n) is 5.42. The predicted molar refractivity (Wildman–Crippen MR) is 71.1 cm³/mol.